The number of carbonyl (C=O) groups excluding carboxylic acids is 1. The number of para-hydroxylation sites is 1. The smallest absolute Gasteiger partial charge is 0.417 e. The van der Waals surface area contributed by atoms with E-state index in [4.69, 9.17) is 27.2 Å². The van der Waals surface area contributed by atoms with Gasteiger partial charge in [-0.1, -0.05) is 37.6 Å². The molecule has 0 fully saturated rings. The summed E-state index contributed by atoms with van der Waals surface area (Å²) < 4.78 is 77.7. The molecule has 14 heteroatoms. The van der Waals surface area contributed by atoms with Crippen molar-refractivity contribution in [3.05, 3.63) is 81.6 Å². The number of aryl methyl sites for hydroxylation is 1. The molecule has 0 saturated carbocycles. The summed E-state index contributed by atoms with van der Waals surface area (Å²) in [5, 5.41) is 6.71. The van der Waals surface area contributed by atoms with Gasteiger partial charge in [0.05, 0.1) is 34.3 Å². The first kappa shape index (κ1) is 31.0. The summed E-state index contributed by atoms with van der Waals surface area (Å²) in [6.45, 7) is 6.45. The van der Waals surface area contributed by atoms with Crippen LogP contribution in [0.15, 0.2) is 42.6 Å². The van der Waals surface area contributed by atoms with Crippen molar-refractivity contribution in [2.24, 2.45) is 11.7 Å². The summed E-state index contributed by atoms with van der Waals surface area (Å²) in [6.07, 6.45) is -3.90. The molecule has 0 spiro atoms. The van der Waals surface area contributed by atoms with E-state index in [1.807, 2.05) is 32.9 Å². The SMILES string of the molecule is Cc1cccc(OCC(C)C)c1-n1nc2c(c1-c1ccc(NC(N)=O)c(F)c1Cl)CN(c1ncc(C(F)(F)F)cc1F)CC2. The lowest BCUT2D eigenvalue weighted by Gasteiger charge is -2.28. The highest BCUT2D eigenvalue weighted by atomic mass is 35.5. The third-order valence-corrected chi connectivity index (χ3v) is 7.43. The largest absolute Gasteiger partial charge is 0.491 e. The average Bonchev–Trinajstić information content (AvgIpc) is 3.31. The van der Waals surface area contributed by atoms with Gasteiger partial charge in [-0.3, -0.25) is 0 Å². The van der Waals surface area contributed by atoms with Gasteiger partial charge in [0.15, 0.2) is 17.5 Å². The second-order valence-electron chi connectivity index (χ2n) is 10.8. The molecule has 0 radical (unpaired) electrons. The highest BCUT2D eigenvalue weighted by molar-refractivity contribution is 6.34. The van der Waals surface area contributed by atoms with E-state index in [-0.39, 0.29) is 47.5 Å². The number of nitrogens with one attached hydrogen (secondary N) is 1. The molecule has 1 aliphatic heterocycles. The van der Waals surface area contributed by atoms with Gasteiger partial charge in [0.25, 0.3) is 0 Å². The number of anilines is 2. The molecule has 44 heavy (non-hydrogen) atoms. The minimum atomic E-state index is -4.75. The second kappa shape index (κ2) is 11.9. The Hall–Kier alpha value is -4.39. The van der Waals surface area contributed by atoms with Gasteiger partial charge >= 0.3 is 12.2 Å². The van der Waals surface area contributed by atoms with Gasteiger partial charge in [0, 0.05) is 36.8 Å². The maximum Gasteiger partial charge on any atom is 0.417 e. The van der Waals surface area contributed by atoms with Gasteiger partial charge in [-0.15, -0.1) is 0 Å². The quantitative estimate of drug-likeness (QED) is 0.208. The van der Waals surface area contributed by atoms with Crippen LogP contribution in [0.2, 0.25) is 5.02 Å². The lowest BCUT2D eigenvalue weighted by atomic mass is 9.99. The first-order valence-corrected chi connectivity index (χ1v) is 14.0. The van der Waals surface area contributed by atoms with E-state index in [9.17, 15) is 22.4 Å². The average molecular weight is 635 g/mol. The molecule has 3 heterocycles. The fourth-order valence-electron chi connectivity index (χ4n) is 5.05. The van der Waals surface area contributed by atoms with Crippen LogP contribution in [0.4, 0.5) is 38.3 Å². The van der Waals surface area contributed by atoms with Crippen LogP contribution in [0.25, 0.3) is 16.9 Å². The van der Waals surface area contributed by atoms with Gasteiger partial charge in [-0.25, -0.2) is 23.2 Å². The number of halogens is 6. The van der Waals surface area contributed by atoms with E-state index >= 15 is 4.39 Å². The first-order valence-electron chi connectivity index (χ1n) is 13.6. The van der Waals surface area contributed by atoms with Gasteiger partial charge < -0.3 is 20.7 Å². The Morgan fingerprint density at radius 2 is 1.95 bits per heavy atom. The van der Waals surface area contributed by atoms with Crippen LogP contribution in [0, 0.1) is 24.5 Å². The molecule has 0 atom stereocenters. The van der Waals surface area contributed by atoms with Crippen molar-refractivity contribution in [2.45, 2.75) is 39.9 Å². The monoisotopic (exact) mass is 634 g/mol. The van der Waals surface area contributed by atoms with Crippen molar-refractivity contribution in [3.63, 3.8) is 0 Å². The molecule has 5 rings (SSSR count). The third-order valence-electron chi connectivity index (χ3n) is 7.06. The molecule has 0 unspecified atom stereocenters. The van der Waals surface area contributed by atoms with Crippen LogP contribution >= 0.6 is 11.6 Å². The summed E-state index contributed by atoms with van der Waals surface area (Å²) in [5.74, 6) is -1.62. The van der Waals surface area contributed by atoms with Crippen LogP contribution < -0.4 is 20.7 Å². The van der Waals surface area contributed by atoms with Crippen LogP contribution in [-0.2, 0) is 19.1 Å². The highest BCUT2D eigenvalue weighted by Gasteiger charge is 2.34. The zero-order valence-corrected chi connectivity index (χ0v) is 24.7. The molecular weight excluding hydrogens is 607 g/mol. The van der Waals surface area contributed by atoms with Gasteiger partial charge in [0.1, 0.15) is 11.4 Å². The zero-order chi connectivity index (χ0) is 31.9. The number of primary amides is 1. The number of alkyl halides is 3. The van der Waals surface area contributed by atoms with Crippen molar-refractivity contribution in [3.8, 4) is 22.7 Å². The van der Waals surface area contributed by atoms with E-state index in [2.05, 4.69) is 10.3 Å². The molecule has 1 aliphatic rings. The lowest BCUT2D eigenvalue weighted by molar-refractivity contribution is -0.138. The Bertz CT molecular complexity index is 1740. The van der Waals surface area contributed by atoms with Crippen molar-refractivity contribution < 1.29 is 31.5 Å². The van der Waals surface area contributed by atoms with Crippen molar-refractivity contribution >= 4 is 29.1 Å². The van der Waals surface area contributed by atoms with Crippen molar-refractivity contribution in [1.29, 1.82) is 0 Å². The number of pyridine rings is 1. The number of hydrogen-bond acceptors (Lipinski definition) is 5. The minimum absolute atomic E-state index is 0.0206. The van der Waals surface area contributed by atoms with E-state index in [1.54, 1.807) is 10.7 Å². The summed E-state index contributed by atoms with van der Waals surface area (Å²) in [6, 6.07) is 7.69. The molecule has 0 aliphatic carbocycles. The second-order valence-corrected chi connectivity index (χ2v) is 11.2. The fourth-order valence-corrected chi connectivity index (χ4v) is 5.30. The number of aromatic nitrogens is 3. The minimum Gasteiger partial charge on any atom is -0.491 e. The Labute approximate surface area is 254 Å². The molecular formula is C30H28ClF5N6O2. The Morgan fingerprint density at radius 3 is 2.61 bits per heavy atom. The third kappa shape index (κ3) is 6.01. The lowest BCUT2D eigenvalue weighted by Crippen LogP contribution is -2.32. The highest BCUT2D eigenvalue weighted by Crippen LogP contribution is 2.42. The normalized spacial score (nSPS) is 13.3. The molecule has 2 amide bonds. The number of urea groups is 1. The van der Waals surface area contributed by atoms with Crippen LogP contribution in [0.1, 0.15) is 36.2 Å². The maximum absolute atomic E-state index is 15.5. The Morgan fingerprint density at radius 1 is 1.20 bits per heavy atom. The van der Waals surface area contributed by atoms with Gasteiger partial charge in [0.2, 0.25) is 0 Å². The maximum atomic E-state index is 15.5. The molecule has 0 bridgehead atoms. The van der Waals surface area contributed by atoms with E-state index in [1.165, 1.54) is 17.0 Å². The molecule has 2 aromatic heterocycles. The van der Waals surface area contributed by atoms with Crippen LogP contribution in [0.5, 0.6) is 5.75 Å². The Kier molecular flexibility index (Phi) is 8.43. The van der Waals surface area contributed by atoms with Gasteiger partial charge in [-0.05, 0) is 42.7 Å². The van der Waals surface area contributed by atoms with Crippen molar-refractivity contribution in [1.82, 2.24) is 14.8 Å². The van der Waals surface area contributed by atoms with E-state index in [0.717, 1.165) is 5.56 Å². The molecule has 3 N–H and O–H groups in total. The number of nitrogens with zero attached hydrogens (tertiary/aromatic N) is 4. The number of hydrogen-bond donors (Lipinski definition) is 2. The fraction of sp³-hybridized carbons (Fsp3) is 0.300. The Balaban J connectivity index is 1.69. The van der Waals surface area contributed by atoms with E-state index in [0.29, 0.717) is 47.3 Å². The standard InChI is InChI=1S/C30H28ClF5N6O2/c1-15(2)14-44-23-6-4-5-16(3)26(23)42-27(18-7-8-22(39-29(37)43)25(33)24(18)31)19-13-41(10-9-21(19)40-42)28-20(32)11-17(12-38-28)30(34,35)36/h4-8,11-12,15H,9-10,13-14H2,1-3H3,(H3,37,39,43). The first-order chi connectivity index (χ1) is 20.8. The number of rotatable bonds is 7. The molecule has 4 aromatic rings. The number of carbonyl (C=O) groups is 1. The number of benzene rings is 2. The summed E-state index contributed by atoms with van der Waals surface area (Å²) in [4.78, 5) is 16.7. The molecule has 8 nitrogen and oxygen atoms in total. The number of fused-ring (bicyclic) bond motifs is 1. The van der Waals surface area contributed by atoms with Crippen molar-refractivity contribution in [2.75, 3.05) is 23.4 Å². The molecule has 2 aromatic carbocycles. The zero-order valence-electron chi connectivity index (χ0n) is 23.9. The molecule has 0 saturated heterocycles. The van der Waals surface area contributed by atoms with E-state index < -0.39 is 29.4 Å². The topological polar surface area (TPSA) is 98.3 Å². The number of amides is 2. The summed E-state index contributed by atoms with van der Waals surface area (Å²) >= 11 is 6.56. The van der Waals surface area contributed by atoms with Gasteiger partial charge in [-0.2, -0.15) is 18.3 Å². The predicted molar refractivity (Wildman–Crippen MR) is 156 cm³/mol. The molecule has 232 valence electrons. The van der Waals surface area contributed by atoms with Crippen LogP contribution in [0.3, 0.4) is 0 Å². The number of nitrogens with two attached hydrogens (primary N) is 1. The predicted octanol–water partition coefficient (Wildman–Crippen LogP) is 7.28. The number of ether oxygens (including phenoxy) is 1. The van der Waals surface area contributed by atoms with Crippen LogP contribution in [-0.4, -0.2) is 33.9 Å². The summed E-state index contributed by atoms with van der Waals surface area (Å²) in [7, 11) is 0. The summed E-state index contributed by atoms with van der Waals surface area (Å²) in [5.41, 5.74) is 6.77.